The summed E-state index contributed by atoms with van der Waals surface area (Å²) in [5, 5.41) is 5.79. The number of thioether (sulfide) groups is 1. The number of anilines is 3. The summed E-state index contributed by atoms with van der Waals surface area (Å²) in [5.74, 6) is -0.297. The number of aromatic nitrogens is 3. The molecule has 6 rings (SSSR count). The number of rotatable bonds is 10. The molecule has 3 aliphatic rings. The maximum Gasteiger partial charge on any atom is 0.263 e. The Morgan fingerprint density at radius 3 is 2.62 bits per heavy atom. The summed E-state index contributed by atoms with van der Waals surface area (Å²) in [6.07, 6.45) is 2.47. The first kappa shape index (κ1) is 32.1. The van der Waals surface area contributed by atoms with Crippen LogP contribution in [0.2, 0.25) is 0 Å². The van der Waals surface area contributed by atoms with Crippen LogP contribution in [-0.2, 0) is 14.4 Å². The first-order valence-corrected chi connectivity index (χ1v) is 16.8. The molecule has 5 heterocycles. The van der Waals surface area contributed by atoms with Crippen molar-refractivity contribution in [3.05, 3.63) is 52.3 Å². The quantitative estimate of drug-likeness (QED) is 0.160. The van der Waals surface area contributed by atoms with Crippen molar-refractivity contribution < 1.29 is 28.8 Å². The zero-order chi connectivity index (χ0) is 33.2. The van der Waals surface area contributed by atoms with E-state index in [1.807, 2.05) is 4.90 Å². The summed E-state index contributed by atoms with van der Waals surface area (Å²) in [6.45, 7) is 4.04. The van der Waals surface area contributed by atoms with Gasteiger partial charge in [0.25, 0.3) is 17.7 Å². The first-order valence-electron chi connectivity index (χ1n) is 15.0. The van der Waals surface area contributed by atoms with E-state index in [9.17, 15) is 28.8 Å². The maximum atomic E-state index is 13.3. The van der Waals surface area contributed by atoms with Crippen LogP contribution in [0.3, 0.4) is 0 Å². The standard InChI is InChI=1S/C30H31N9O6S2/c1-16-33-21(35-30-32-15-20(47-30)26(31)42)14-22(34-16)37-9-11-38(12-10-37)24(41)6-3-13-46-19-5-2-4-17-25(19)29(45)39(28(17)44)18-7-8-23(40)36-27(18)43/h2,4-5,14-15,18H,3,6-13H2,1H3,(H2,31,42)(H,36,40,43)(H,32,33,34,35). The first-order chi connectivity index (χ1) is 22.6. The molecule has 2 aromatic heterocycles. The van der Waals surface area contributed by atoms with E-state index in [0.717, 1.165) is 22.1 Å². The third-order valence-electron chi connectivity index (χ3n) is 7.99. The summed E-state index contributed by atoms with van der Waals surface area (Å²) in [4.78, 5) is 93.7. The molecule has 2 fully saturated rings. The lowest BCUT2D eigenvalue weighted by Crippen LogP contribution is -2.54. The highest BCUT2D eigenvalue weighted by Gasteiger charge is 2.45. The monoisotopic (exact) mass is 677 g/mol. The number of hydrogen-bond acceptors (Lipinski definition) is 13. The van der Waals surface area contributed by atoms with Gasteiger partial charge in [-0.1, -0.05) is 17.4 Å². The molecule has 1 unspecified atom stereocenters. The summed E-state index contributed by atoms with van der Waals surface area (Å²) in [7, 11) is 0. The molecule has 3 aromatic rings. The number of carbonyl (C=O) groups excluding carboxylic acids is 6. The number of nitrogens with one attached hydrogen (secondary N) is 2. The van der Waals surface area contributed by atoms with Crippen molar-refractivity contribution in [2.75, 3.05) is 42.1 Å². The number of carbonyl (C=O) groups is 6. The molecule has 6 amide bonds. The van der Waals surface area contributed by atoms with Crippen LogP contribution in [0.5, 0.6) is 0 Å². The molecule has 4 N–H and O–H groups in total. The zero-order valence-electron chi connectivity index (χ0n) is 25.4. The van der Waals surface area contributed by atoms with Gasteiger partial charge in [0.1, 0.15) is 28.4 Å². The van der Waals surface area contributed by atoms with E-state index in [0.29, 0.717) is 71.3 Å². The van der Waals surface area contributed by atoms with Gasteiger partial charge in [-0.3, -0.25) is 39.0 Å². The molecular formula is C30H31N9O6S2. The smallest absolute Gasteiger partial charge is 0.263 e. The predicted octanol–water partition coefficient (Wildman–Crippen LogP) is 1.71. The fourth-order valence-electron chi connectivity index (χ4n) is 5.69. The normalized spacial score (nSPS) is 18.0. The molecule has 0 radical (unpaired) electrons. The second kappa shape index (κ2) is 13.4. The summed E-state index contributed by atoms with van der Waals surface area (Å²) >= 11 is 2.53. The molecule has 1 atom stereocenters. The van der Waals surface area contributed by atoms with Crippen molar-refractivity contribution >= 4 is 75.3 Å². The maximum absolute atomic E-state index is 13.3. The highest BCUT2D eigenvalue weighted by Crippen LogP contribution is 2.35. The van der Waals surface area contributed by atoms with Gasteiger partial charge in [-0.05, 0) is 37.7 Å². The van der Waals surface area contributed by atoms with Gasteiger partial charge in [0.2, 0.25) is 17.7 Å². The Hall–Kier alpha value is -4.90. The third-order valence-corrected chi connectivity index (χ3v) is 10.1. The van der Waals surface area contributed by atoms with Gasteiger partial charge >= 0.3 is 0 Å². The van der Waals surface area contributed by atoms with Crippen LogP contribution in [0.15, 0.2) is 35.4 Å². The third kappa shape index (κ3) is 6.80. The molecule has 47 heavy (non-hydrogen) atoms. The molecule has 1 aromatic carbocycles. The Bertz CT molecular complexity index is 1790. The van der Waals surface area contributed by atoms with E-state index < -0.39 is 35.6 Å². The second-order valence-electron chi connectivity index (χ2n) is 11.1. The Balaban J connectivity index is 0.990. The number of nitrogens with two attached hydrogens (primary N) is 1. The van der Waals surface area contributed by atoms with Crippen LogP contribution >= 0.6 is 23.1 Å². The molecule has 0 spiro atoms. The Labute approximate surface area is 277 Å². The van der Waals surface area contributed by atoms with E-state index in [1.165, 1.54) is 18.0 Å². The SMILES string of the molecule is Cc1nc(Nc2ncc(C(N)=O)s2)cc(N2CCN(C(=O)CCCSc3cccc4c3C(=O)N(C3CCC(=O)NC3=O)C4=O)CC2)n1. The molecule has 0 bridgehead atoms. The van der Waals surface area contributed by atoms with Crippen LogP contribution in [0.25, 0.3) is 0 Å². The summed E-state index contributed by atoms with van der Waals surface area (Å²) in [5.41, 5.74) is 5.81. The molecule has 0 aliphatic carbocycles. The molecule has 15 nitrogen and oxygen atoms in total. The van der Waals surface area contributed by atoms with Crippen molar-refractivity contribution in [2.45, 2.75) is 43.5 Å². The largest absolute Gasteiger partial charge is 0.365 e. The number of fused-ring (bicyclic) bond motifs is 1. The van der Waals surface area contributed by atoms with E-state index in [-0.39, 0.29) is 29.9 Å². The summed E-state index contributed by atoms with van der Waals surface area (Å²) in [6, 6.07) is 5.80. The minimum Gasteiger partial charge on any atom is -0.365 e. The lowest BCUT2D eigenvalue weighted by molar-refractivity contribution is -0.136. The number of hydrogen-bond donors (Lipinski definition) is 3. The van der Waals surface area contributed by atoms with Crippen LogP contribution in [0.4, 0.5) is 16.8 Å². The van der Waals surface area contributed by atoms with Gasteiger partial charge in [-0.25, -0.2) is 15.0 Å². The lowest BCUT2D eigenvalue weighted by Gasteiger charge is -2.35. The molecule has 3 aliphatic heterocycles. The average Bonchev–Trinajstić information content (AvgIpc) is 3.61. The van der Waals surface area contributed by atoms with E-state index >= 15 is 0 Å². The van der Waals surface area contributed by atoms with Crippen LogP contribution in [0, 0.1) is 6.92 Å². The molecule has 17 heteroatoms. The van der Waals surface area contributed by atoms with Crippen molar-refractivity contribution in [1.82, 2.24) is 30.1 Å². The van der Waals surface area contributed by atoms with E-state index in [1.54, 1.807) is 31.2 Å². The van der Waals surface area contributed by atoms with Gasteiger partial charge in [-0.2, -0.15) is 0 Å². The molecule has 244 valence electrons. The van der Waals surface area contributed by atoms with Crippen LogP contribution < -0.4 is 21.3 Å². The fraction of sp³-hybridized carbons (Fsp3) is 0.367. The van der Waals surface area contributed by atoms with Gasteiger partial charge in [0.15, 0.2) is 5.13 Å². The van der Waals surface area contributed by atoms with Crippen molar-refractivity contribution in [3.63, 3.8) is 0 Å². The number of amides is 6. The Morgan fingerprint density at radius 1 is 1.11 bits per heavy atom. The van der Waals surface area contributed by atoms with Gasteiger partial charge < -0.3 is 20.9 Å². The van der Waals surface area contributed by atoms with Crippen LogP contribution in [0.1, 0.15) is 61.9 Å². The minimum absolute atomic E-state index is 0.0362. The predicted molar refractivity (Wildman–Crippen MR) is 173 cm³/mol. The topological polar surface area (TPSA) is 201 Å². The average molecular weight is 678 g/mol. The van der Waals surface area contributed by atoms with Crippen molar-refractivity contribution in [1.29, 1.82) is 0 Å². The van der Waals surface area contributed by atoms with Gasteiger partial charge in [-0.15, -0.1) is 11.8 Å². The number of aryl methyl sites for hydroxylation is 1. The minimum atomic E-state index is -1.02. The molecule has 2 saturated heterocycles. The van der Waals surface area contributed by atoms with E-state index in [4.69, 9.17) is 5.73 Å². The number of thiazole rings is 1. The molecule has 0 saturated carbocycles. The number of imide groups is 2. The highest BCUT2D eigenvalue weighted by molar-refractivity contribution is 7.99. The number of piperidine rings is 1. The van der Waals surface area contributed by atoms with Gasteiger partial charge in [0, 0.05) is 50.0 Å². The second-order valence-corrected chi connectivity index (χ2v) is 13.3. The highest BCUT2D eigenvalue weighted by atomic mass is 32.2. The number of primary amides is 1. The van der Waals surface area contributed by atoms with Crippen molar-refractivity contribution in [3.8, 4) is 0 Å². The fourth-order valence-corrected chi connectivity index (χ4v) is 7.39. The van der Waals surface area contributed by atoms with E-state index in [2.05, 4.69) is 30.5 Å². The van der Waals surface area contributed by atoms with Crippen molar-refractivity contribution in [2.24, 2.45) is 5.73 Å². The Morgan fingerprint density at radius 2 is 1.89 bits per heavy atom. The number of nitrogens with zero attached hydrogens (tertiary/aromatic N) is 6. The lowest BCUT2D eigenvalue weighted by atomic mass is 10.0. The zero-order valence-corrected chi connectivity index (χ0v) is 27.0. The van der Waals surface area contributed by atoms with Crippen LogP contribution in [-0.4, -0.2) is 98.2 Å². The number of piperazine rings is 1. The summed E-state index contributed by atoms with van der Waals surface area (Å²) < 4.78 is 0. The Kier molecular flexibility index (Phi) is 9.17. The van der Waals surface area contributed by atoms with Gasteiger partial charge in [0.05, 0.1) is 17.3 Å². The number of benzene rings is 1. The molecular weight excluding hydrogens is 647 g/mol.